The SMILES string of the molecule is C[C@](O)(CO)c1nccs1. The number of hydrogen-bond donors (Lipinski definition) is 2. The molecule has 3 nitrogen and oxygen atoms in total. The van der Waals surface area contributed by atoms with Gasteiger partial charge in [-0.3, -0.25) is 0 Å². The fraction of sp³-hybridized carbons (Fsp3) is 0.500. The van der Waals surface area contributed by atoms with Crippen molar-refractivity contribution in [3.05, 3.63) is 16.6 Å². The molecular formula is C6H9NO2S. The largest absolute Gasteiger partial charge is 0.393 e. The lowest BCUT2D eigenvalue weighted by Gasteiger charge is -2.15. The Labute approximate surface area is 63.0 Å². The summed E-state index contributed by atoms with van der Waals surface area (Å²) in [6.45, 7) is 1.24. The minimum atomic E-state index is -1.17. The van der Waals surface area contributed by atoms with E-state index in [2.05, 4.69) is 4.98 Å². The maximum absolute atomic E-state index is 9.38. The highest BCUT2D eigenvalue weighted by Gasteiger charge is 2.24. The van der Waals surface area contributed by atoms with E-state index in [1.807, 2.05) is 0 Å². The summed E-state index contributed by atoms with van der Waals surface area (Å²) in [4.78, 5) is 3.87. The molecule has 0 aromatic carbocycles. The van der Waals surface area contributed by atoms with E-state index in [0.29, 0.717) is 5.01 Å². The van der Waals surface area contributed by atoms with Crippen molar-refractivity contribution >= 4 is 11.3 Å². The first-order valence-corrected chi connectivity index (χ1v) is 3.78. The number of aliphatic hydroxyl groups is 2. The second kappa shape index (κ2) is 2.65. The Kier molecular flexibility index (Phi) is 2.03. The van der Waals surface area contributed by atoms with Gasteiger partial charge in [0, 0.05) is 11.6 Å². The number of aliphatic hydroxyl groups excluding tert-OH is 1. The van der Waals surface area contributed by atoms with Crippen LogP contribution in [0, 0.1) is 0 Å². The van der Waals surface area contributed by atoms with Crippen molar-refractivity contribution in [3.8, 4) is 0 Å². The molecule has 0 aliphatic rings. The van der Waals surface area contributed by atoms with Crippen LogP contribution in [0.5, 0.6) is 0 Å². The van der Waals surface area contributed by atoms with Crippen molar-refractivity contribution in [3.63, 3.8) is 0 Å². The van der Waals surface area contributed by atoms with Crippen LogP contribution in [0.4, 0.5) is 0 Å². The van der Waals surface area contributed by atoms with Crippen LogP contribution in [0.3, 0.4) is 0 Å². The molecule has 4 heteroatoms. The third kappa shape index (κ3) is 1.34. The zero-order chi connectivity index (χ0) is 7.61. The van der Waals surface area contributed by atoms with Gasteiger partial charge in [0.1, 0.15) is 10.6 Å². The zero-order valence-corrected chi connectivity index (χ0v) is 6.43. The Bertz CT molecular complexity index is 196. The van der Waals surface area contributed by atoms with Crippen LogP contribution in [0.1, 0.15) is 11.9 Å². The van der Waals surface area contributed by atoms with E-state index < -0.39 is 5.60 Å². The van der Waals surface area contributed by atoms with Crippen LogP contribution in [-0.2, 0) is 5.60 Å². The number of thiazole rings is 1. The molecule has 0 bridgehead atoms. The Hall–Kier alpha value is -0.450. The molecule has 0 amide bonds. The second-order valence-corrected chi connectivity index (χ2v) is 3.16. The Morgan fingerprint density at radius 1 is 1.80 bits per heavy atom. The Morgan fingerprint density at radius 3 is 2.90 bits per heavy atom. The summed E-state index contributed by atoms with van der Waals surface area (Å²) in [5.74, 6) is 0. The average Bonchev–Trinajstić information content (AvgIpc) is 2.38. The summed E-state index contributed by atoms with van der Waals surface area (Å²) in [7, 11) is 0. The van der Waals surface area contributed by atoms with Crippen molar-refractivity contribution in [2.24, 2.45) is 0 Å². The summed E-state index contributed by atoms with van der Waals surface area (Å²) in [5, 5.41) is 20.4. The van der Waals surface area contributed by atoms with Crippen molar-refractivity contribution in [1.29, 1.82) is 0 Å². The van der Waals surface area contributed by atoms with Gasteiger partial charge in [0.25, 0.3) is 0 Å². The second-order valence-electron chi connectivity index (χ2n) is 2.27. The first-order valence-electron chi connectivity index (χ1n) is 2.90. The highest BCUT2D eigenvalue weighted by atomic mass is 32.1. The van der Waals surface area contributed by atoms with Gasteiger partial charge in [-0.05, 0) is 6.92 Å². The summed E-state index contributed by atoms with van der Waals surface area (Å²) in [6.07, 6.45) is 1.60. The molecule has 56 valence electrons. The third-order valence-electron chi connectivity index (χ3n) is 1.20. The van der Waals surface area contributed by atoms with Crippen molar-refractivity contribution in [2.45, 2.75) is 12.5 Å². The van der Waals surface area contributed by atoms with Gasteiger partial charge in [0.05, 0.1) is 6.61 Å². The van der Waals surface area contributed by atoms with E-state index in [1.54, 1.807) is 11.6 Å². The van der Waals surface area contributed by atoms with E-state index in [4.69, 9.17) is 5.11 Å². The van der Waals surface area contributed by atoms with Crippen LogP contribution in [0.25, 0.3) is 0 Å². The summed E-state index contributed by atoms with van der Waals surface area (Å²) >= 11 is 1.33. The summed E-state index contributed by atoms with van der Waals surface area (Å²) in [6, 6.07) is 0. The maximum Gasteiger partial charge on any atom is 0.136 e. The number of hydrogen-bond acceptors (Lipinski definition) is 4. The van der Waals surface area contributed by atoms with Crippen LogP contribution in [0.2, 0.25) is 0 Å². The maximum atomic E-state index is 9.38. The van der Waals surface area contributed by atoms with Crippen molar-refractivity contribution < 1.29 is 10.2 Å². The minimum Gasteiger partial charge on any atom is -0.393 e. The van der Waals surface area contributed by atoms with E-state index in [-0.39, 0.29) is 6.61 Å². The molecule has 2 N–H and O–H groups in total. The van der Waals surface area contributed by atoms with Crippen LogP contribution < -0.4 is 0 Å². The number of aromatic nitrogens is 1. The van der Waals surface area contributed by atoms with Gasteiger partial charge in [-0.25, -0.2) is 4.98 Å². The number of nitrogens with zero attached hydrogens (tertiary/aromatic N) is 1. The molecular weight excluding hydrogens is 150 g/mol. The quantitative estimate of drug-likeness (QED) is 0.654. The van der Waals surface area contributed by atoms with Crippen LogP contribution in [0.15, 0.2) is 11.6 Å². The van der Waals surface area contributed by atoms with Gasteiger partial charge in [-0.2, -0.15) is 0 Å². The van der Waals surface area contributed by atoms with E-state index >= 15 is 0 Å². The molecule has 1 aromatic rings. The Balaban J connectivity index is 2.85. The van der Waals surface area contributed by atoms with Gasteiger partial charge in [-0.1, -0.05) is 0 Å². The van der Waals surface area contributed by atoms with Crippen LogP contribution >= 0.6 is 11.3 Å². The highest BCUT2D eigenvalue weighted by Crippen LogP contribution is 2.21. The average molecular weight is 159 g/mol. The smallest absolute Gasteiger partial charge is 0.136 e. The first-order chi connectivity index (χ1) is 4.67. The summed E-state index contributed by atoms with van der Waals surface area (Å²) < 4.78 is 0. The molecule has 0 spiro atoms. The molecule has 0 aliphatic heterocycles. The van der Waals surface area contributed by atoms with Gasteiger partial charge in [-0.15, -0.1) is 11.3 Å². The molecule has 0 radical (unpaired) electrons. The molecule has 1 rings (SSSR count). The molecule has 1 aromatic heterocycles. The predicted molar refractivity (Wildman–Crippen MR) is 38.8 cm³/mol. The first kappa shape index (κ1) is 7.65. The molecule has 10 heavy (non-hydrogen) atoms. The molecule has 0 unspecified atom stereocenters. The standard InChI is InChI=1S/C6H9NO2S/c1-6(9,4-8)5-7-2-3-10-5/h2-3,8-9H,4H2,1H3/t6-/m0/s1. The topological polar surface area (TPSA) is 53.4 Å². The van der Waals surface area contributed by atoms with Gasteiger partial charge >= 0.3 is 0 Å². The normalized spacial score (nSPS) is 16.7. The molecule has 0 fully saturated rings. The van der Waals surface area contributed by atoms with Gasteiger partial charge in [0.2, 0.25) is 0 Å². The monoisotopic (exact) mass is 159 g/mol. The van der Waals surface area contributed by atoms with E-state index in [9.17, 15) is 5.11 Å². The molecule has 1 atom stereocenters. The fourth-order valence-electron chi connectivity index (χ4n) is 0.557. The lowest BCUT2D eigenvalue weighted by Crippen LogP contribution is -2.25. The molecule has 1 heterocycles. The minimum absolute atomic E-state index is 0.291. The summed E-state index contributed by atoms with van der Waals surface area (Å²) in [5.41, 5.74) is -1.17. The van der Waals surface area contributed by atoms with Gasteiger partial charge in [0.15, 0.2) is 0 Å². The molecule has 0 aliphatic carbocycles. The fourth-order valence-corrected chi connectivity index (χ4v) is 1.25. The number of rotatable bonds is 2. The lowest BCUT2D eigenvalue weighted by atomic mass is 10.1. The highest BCUT2D eigenvalue weighted by molar-refractivity contribution is 7.09. The molecule has 0 saturated carbocycles. The lowest BCUT2D eigenvalue weighted by molar-refractivity contribution is -0.00244. The van der Waals surface area contributed by atoms with E-state index in [0.717, 1.165) is 0 Å². The van der Waals surface area contributed by atoms with Crippen LogP contribution in [-0.4, -0.2) is 21.8 Å². The van der Waals surface area contributed by atoms with Crippen molar-refractivity contribution in [2.75, 3.05) is 6.61 Å². The third-order valence-corrected chi connectivity index (χ3v) is 2.23. The predicted octanol–water partition coefficient (Wildman–Crippen LogP) is 0.343. The van der Waals surface area contributed by atoms with Gasteiger partial charge < -0.3 is 10.2 Å². The van der Waals surface area contributed by atoms with E-state index in [1.165, 1.54) is 18.3 Å². The Morgan fingerprint density at radius 2 is 2.50 bits per heavy atom. The molecule has 0 saturated heterocycles. The van der Waals surface area contributed by atoms with Crippen molar-refractivity contribution in [1.82, 2.24) is 4.98 Å². The zero-order valence-electron chi connectivity index (χ0n) is 5.61.